The number of anilines is 1. The topological polar surface area (TPSA) is 146 Å². The van der Waals surface area contributed by atoms with Gasteiger partial charge < -0.3 is 15.2 Å². The Morgan fingerprint density at radius 1 is 1.29 bits per heavy atom. The summed E-state index contributed by atoms with van der Waals surface area (Å²) >= 11 is 1.22. The van der Waals surface area contributed by atoms with Crippen LogP contribution in [0.3, 0.4) is 0 Å². The Bertz CT molecular complexity index is 1310. The molecule has 1 fully saturated rings. The number of nitrogens with two attached hydrogens (primary N) is 1. The van der Waals surface area contributed by atoms with Crippen LogP contribution in [-0.4, -0.2) is 54.9 Å². The van der Waals surface area contributed by atoms with Gasteiger partial charge in [-0.1, -0.05) is 6.07 Å². The number of benzene rings is 1. The first-order valence-corrected chi connectivity index (χ1v) is 13.6. The highest BCUT2D eigenvalue weighted by Gasteiger charge is 2.36. The van der Waals surface area contributed by atoms with Crippen molar-refractivity contribution < 1.29 is 22.7 Å². The minimum absolute atomic E-state index is 0.306. The Hall–Kier alpha value is -3.09. The predicted molar refractivity (Wildman–Crippen MR) is 133 cm³/mol. The van der Waals surface area contributed by atoms with Crippen molar-refractivity contribution in [3.63, 3.8) is 0 Å². The highest BCUT2D eigenvalue weighted by atomic mass is 32.2. The van der Waals surface area contributed by atoms with Crippen LogP contribution in [0.5, 0.6) is 5.88 Å². The number of thiazole rings is 1. The molecule has 4 rings (SSSR count). The predicted octanol–water partition coefficient (Wildman–Crippen LogP) is 3.17. The van der Waals surface area contributed by atoms with E-state index in [1.54, 1.807) is 31.5 Å². The summed E-state index contributed by atoms with van der Waals surface area (Å²) < 4.78 is 38.2. The second-order valence-corrected chi connectivity index (χ2v) is 10.9. The van der Waals surface area contributed by atoms with E-state index >= 15 is 0 Å². The summed E-state index contributed by atoms with van der Waals surface area (Å²) in [5.74, 6) is -0.500. The molecule has 3 N–H and O–H groups in total. The molecule has 10 nitrogen and oxygen atoms in total. The van der Waals surface area contributed by atoms with Crippen LogP contribution in [0, 0.1) is 0 Å². The van der Waals surface area contributed by atoms with Crippen LogP contribution in [0.2, 0.25) is 0 Å². The zero-order valence-electron chi connectivity index (χ0n) is 19.4. The number of carbonyl (C=O) groups excluding carboxylic acids is 1. The Balaban J connectivity index is 1.77. The lowest BCUT2D eigenvalue weighted by Gasteiger charge is -2.20. The number of methoxy groups -OCH3 is 1. The van der Waals surface area contributed by atoms with Crippen molar-refractivity contribution in [3.05, 3.63) is 52.8 Å². The number of nitrogens with one attached hydrogen (secondary N) is 1. The van der Waals surface area contributed by atoms with Crippen LogP contribution >= 0.6 is 11.3 Å². The molecule has 0 radical (unpaired) electrons. The van der Waals surface area contributed by atoms with Crippen LogP contribution in [0.1, 0.15) is 53.7 Å². The van der Waals surface area contributed by atoms with Crippen molar-refractivity contribution >= 4 is 32.4 Å². The highest BCUT2D eigenvalue weighted by Crippen LogP contribution is 2.38. The van der Waals surface area contributed by atoms with Crippen molar-refractivity contribution in [3.8, 4) is 17.1 Å². The molecule has 1 aliphatic carbocycles. The number of rotatable bonds is 12. The van der Waals surface area contributed by atoms with E-state index in [2.05, 4.69) is 19.7 Å². The quantitative estimate of drug-likeness (QED) is 0.372. The standard InChI is InChI=1S/C23H27N5O5S2/c1-3-33-21-12-25-11-19(26-21)16-7-4-14(22(24)29)10-18(16)17(8-9-32-2)20-13-34-23(27-20)28-35(30,31)15-5-6-15/h4,7,10-13,15,17H,3,5-6,8-9H2,1-2H3,(H2,24,29)(H,27,28). The van der Waals surface area contributed by atoms with Gasteiger partial charge in [0.15, 0.2) is 5.13 Å². The van der Waals surface area contributed by atoms with Gasteiger partial charge in [-0.25, -0.2) is 18.4 Å². The summed E-state index contributed by atoms with van der Waals surface area (Å²) in [5.41, 5.74) is 8.62. The third kappa shape index (κ3) is 5.95. The van der Waals surface area contributed by atoms with Gasteiger partial charge in [0.1, 0.15) is 0 Å². The SMILES string of the molecule is CCOc1cncc(-c2ccc(C(N)=O)cc2C(CCOC)c2csc(NS(=O)(=O)C3CC3)n2)n1. The molecule has 0 bridgehead atoms. The summed E-state index contributed by atoms with van der Waals surface area (Å²) in [7, 11) is -1.83. The van der Waals surface area contributed by atoms with Gasteiger partial charge in [-0.2, -0.15) is 0 Å². The smallest absolute Gasteiger partial charge is 0.248 e. The number of sulfonamides is 1. The number of carbonyl (C=O) groups is 1. The summed E-state index contributed by atoms with van der Waals surface area (Å²) in [6.45, 7) is 2.72. The molecule has 2 aromatic heterocycles. The summed E-state index contributed by atoms with van der Waals surface area (Å²) in [5, 5.41) is 1.77. The van der Waals surface area contributed by atoms with Gasteiger partial charge in [0, 0.05) is 36.1 Å². The molecular weight excluding hydrogens is 490 g/mol. The number of hydrogen-bond acceptors (Lipinski definition) is 9. The van der Waals surface area contributed by atoms with E-state index in [9.17, 15) is 13.2 Å². The van der Waals surface area contributed by atoms with Gasteiger partial charge in [0.25, 0.3) is 0 Å². The molecule has 12 heteroatoms. The molecule has 1 aliphatic rings. The average molecular weight is 518 g/mol. The minimum atomic E-state index is -3.43. The third-order valence-electron chi connectivity index (χ3n) is 5.57. The molecule has 1 amide bonds. The van der Waals surface area contributed by atoms with Crippen molar-refractivity contribution in [2.75, 3.05) is 25.0 Å². The van der Waals surface area contributed by atoms with Gasteiger partial charge in [-0.05, 0) is 43.9 Å². The molecule has 0 saturated heterocycles. The second kappa shape index (κ2) is 10.7. The van der Waals surface area contributed by atoms with E-state index in [4.69, 9.17) is 15.2 Å². The maximum Gasteiger partial charge on any atom is 0.248 e. The maximum absolute atomic E-state index is 12.4. The molecule has 1 aromatic carbocycles. The van der Waals surface area contributed by atoms with Gasteiger partial charge in [0.2, 0.25) is 21.8 Å². The van der Waals surface area contributed by atoms with Crippen molar-refractivity contribution in [2.45, 2.75) is 37.4 Å². The fourth-order valence-corrected chi connectivity index (χ4v) is 6.07. The van der Waals surface area contributed by atoms with Crippen LogP contribution in [-0.2, 0) is 14.8 Å². The fourth-order valence-electron chi connectivity index (χ4n) is 3.71. The van der Waals surface area contributed by atoms with Gasteiger partial charge >= 0.3 is 0 Å². The molecule has 1 unspecified atom stereocenters. The maximum atomic E-state index is 12.4. The van der Waals surface area contributed by atoms with E-state index < -0.39 is 15.9 Å². The monoisotopic (exact) mass is 517 g/mol. The molecule has 1 saturated carbocycles. The van der Waals surface area contributed by atoms with E-state index in [0.717, 1.165) is 11.1 Å². The first kappa shape index (κ1) is 25.0. The zero-order chi connectivity index (χ0) is 25.0. The summed E-state index contributed by atoms with van der Waals surface area (Å²) in [4.78, 5) is 25.4. The van der Waals surface area contributed by atoms with Crippen LogP contribution in [0.15, 0.2) is 36.0 Å². The molecule has 2 heterocycles. The number of primary amides is 1. The summed E-state index contributed by atoms with van der Waals surface area (Å²) in [6, 6.07) is 5.14. The van der Waals surface area contributed by atoms with E-state index in [0.29, 0.717) is 60.4 Å². The van der Waals surface area contributed by atoms with E-state index in [1.165, 1.54) is 17.5 Å². The zero-order valence-corrected chi connectivity index (χ0v) is 21.1. The fraction of sp³-hybridized carbons (Fsp3) is 0.391. The molecule has 35 heavy (non-hydrogen) atoms. The Kier molecular flexibility index (Phi) is 7.63. The molecule has 0 spiro atoms. The lowest BCUT2D eigenvalue weighted by atomic mass is 9.87. The number of ether oxygens (including phenoxy) is 2. The number of aromatic nitrogens is 3. The number of hydrogen-bond donors (Lipinski definition) is 2. The number of amides is 1. The Morgan fingerprint density at radius 3 is 2.77 bits per heavy atom. The largest absolute Gasteiger partial charge is 0.477 e. The summed E-state index contributed by atoms with van der Waals surface area (Å²) in [6.07, 6.45) is 5.01. The lowest BCUT2D eigenvalue weighted by Crippen LogP contribution is -2.17. The Labute approximate surface area is 208 Å². The number of nitrogens with zero attached hydrogens (tertiary/aromatic N) is 3. The van der Waals surface area contributed by atoms with Crippen molar-refractivity contribution in [1.29, 1.82) is 0 Å². The van der Waals surface area contributed by atoms with Crippen molar-refractivity contribution in [1.82, 2.24) is 15.0 Å². The van der Waals surface area contributed by atoms with Crippen LogP contribution < -0.4 is 15.2 Å². The van der Waals surface area contributed by atoms with Crippen LogP contribution in [0.4, 0.5) is 5.13 Å². The molecular formula is C23H27N5O5S2. The molecule has 1 atom stereocenters. The van der Waals surface area contributed by atoms with E-state index in [1.807, 2.05) is 12.3 Å². The van der Waals surface area contributed by atoms with Gasteiger partial charge in [-0.3, -0.25) is 14.5 Å². The van der Waals surface area contributed by atoms with E-state index in [-0.39, 0.29) is 11.2 Å². The molecule has 3 aromatic rings. The van der Waals surface area contributed by atoms with Gasteiger partial charge in [0.05, 0.1) is 35.6 Å². The molecule has 186 valence electrons. The first-order chi connectivity index (χ1) is 16.8. The highest BCUT2D eigenvalue weighted by molar-refractivity contribution is 7.93. The average Bonchev–Trinajstić information content (AvgIpc) is 3.61. The van der Waals surface area contributed by atoms with Crippen molar-refractivity contribution in [2.24, 2.45) is 5.73 Å². The van der Waals surface area contributed by atoms with Crippen LogP contribution in [0.25, 0.3) is 11.3 Å². The lowest BCUT2D eigenvalue weighted by molar-refractivity contribution is 0.1000. The minimum Gasteiger partial charge on any atom is -0.477 e. The molecule has 0 aliphatic heterocycles. The first-order valence-electron chi connectivity index (χ1n) is 11.2. The second-order valence-electron chi connectivity index (χ2n) is 8.10. The Morgan fingerprint density at radius 2 is 2.09 bits per heavy atom. The normalized spacial score (nSPS) is 14.5. The third-order valence-corrected chi connectivity index (χ3v) is 8.31. The van der Waals surface area contributed by atoms with Gasteiger partial charge in [-0.15, -0.1) is 11.3 Å².